The van der Waals surface area contributed by atoms with Crippen LogP contribution < -0.4 is 5.73 Å². The number of amides is 1. The first-order valence-corrected chi connectivity index (χ1v) is 6.10. The van der Waals surface area contributed by atoms with Gasteiger partial charge in [0.15, 0.2) is 5.78 Å². The number of rotatable bonds is 4. The molecule has 0 saturated carbocycles. The molecule has 1 aromatic carbocycles. The first-order valence-electron chi connectivity index (χ1n) is 6.10. The number of fused-ring (bicyclic) bond motifs is 1. The van der Waals surface area contributed by atoms with Crippen molar-refractivity contribution in [1.29, 1.82) is 0 Å². The third kappa shape index (κ3) is 2.93. The minimum absolute atomic E-state index is 0.0113. The van der Waals surface area contributed by atoms with E-state index in [1.54, 1.807) is 0 Å². The lowest BCUT2D eigenvalue weighted by molar-refractivity contribution is -0.118. The summed E-state index contributed by atoms with van der Waals surface area (Å²) in [6.07, 6.45) is 4.97. The second-order valence-corrected chi connectivity index (χ2v) is 4.58. The van der Waals surface area contributed by atoms with Crippen molar-refractivity contribution in [2.45, 2.75) is 38.5 Å². The molecule has 0 aromatic heterocycles. The maximum absolute atomic E-state index is 11.8. The first kappa shape index (κ1) is 11.8. The molecule has 0 bridgehead atoms. The second kappa shape index (κ2) is 5.13. The van der Waals surface area contributed by atoms with Gasteiger partial charge in [-0.3, -0.25) is 9.59 Å². The maximum atomic E-state index is 11.8. The van der Waals surface area contributed by atoms with Crippen LogP contribution in [0.3, 0.4) is 0 Å². The van der Waals surface area contributed by atoms with E-state index in [0.717, 1.165) is 12.8 Å². The summed E-state index contributed by atoms with van der Waals surface area (Å²) in [5.41, 5.74) is 8.41. The van der Waals surface area contributed by atoms with Crippen LogP contribution in [0.5, 0.6) is 0 Å². The molecule has 0 spiro atoms. The molecule has 1 aliphatic carbocycles. The Morgan fingerprint density at radius 3 is 2.47 bits per heavy atom. The van der Waals surface area contributed by atoms with Crippen LogP contribution in [0.4, 0.5) is 0 Å². The highest BCUT2D eigenvalue weighted by Crippen LogP contribution is 2.22. The van der Waals surface area contributed by atoms with Crippen molar-refractivity contribution >= 4 is 11.7 Å². The van der Waals surface area contributed by atoms with Crippen molar-refractivity contribution in [1.82, 2.24) is 0 Å². The summed E-state index contributed by atoms with van der Waals surface area (Å²) < 4.78 is 0. The standard InChI is InChI=1S/C14H17NO2/c15-14(17)8-7-13(16)12-6-5-10-3-1-2-4-11(10)9-12/h5-6,9H,1-4,7-8H2,(H2,15,17). The number of carbonyl (C=O) groups is 2. The number of primary amides is 1. The third-order valence-corrected chi connectivity index (χ3v) is 3.27. The molecule has 0 unspecified atom stereocenters. The molecule has 1 aromatic rings. The van der Waals surface area contributed by atoms with E-state index in [2.05, 4.69) is 0 Å². The highest BCUT2D eigenvalue weighted by atomic mass is 16.1. The van der Waals surface area contributed by atoms with Crippen LogP contribution in [-0.4, -0.2) is 11.7 Å². The second-order valence-electron chi connectivity index (χ2n) is 4.58. The van der Waals surface area contributed by atoms with Gasteiger partial charge in [0.1, 0.15) is 0 Å². The van der Waals surface area contributed by atoms with Gasteiger partial charge in [-0.2, -0.15) is 0 Å². The largest absolute Gasteiger partial charge is 0.370 e. The maximum Gasteiger partial charge on any atom is 0.217 e. The van der Waals surface area contributed by atoms with Crippen molar-refractivity contribution in [3.8, 4) is 0 Å². The van der Waals surface area contributed by atoms with Crippen LogP contribution in [0.1, 0.15) is 47.2 Å². The minimum atomic E-state index is -0.420. The van der Waals surface area contributed by atoms with Crippen LogP contribution in [0.2, 0.25) is 0 Å². The molecule has 0 saturated heterocycles. The van der Waals surface area contributed by atoms with E-state index in [1.165, 1.54) is 24.0 Å². The Morgan fingerprint density at radius 1 is 1.06 bits per heavy atom. The predicted octanol–water partition coefficient (Wildman–Crippen LogP) is 2.01. The van der Waals surface area contributed by atoms with Gasteiger partial charge in [0, 0.05) is 18.4 Å². The van der Waals surface area contributed by atoms with E-state index in [4.69, 9.17) is 5.73 Å². The van der Waals surface area contributed by atoms with Gasteiger partial charge >= 0.3 is 0 Å². The summed E-state index contributed by atoms with van der Waals surface area (Å²) in [6, 6.07) is 5.90. The van der Waals surface area contributed by atoms with Crippen molar-refractivity contribution in [3.05, 3.63) is 34.9 Å². The summed E-state index contributed by atoms with van der Waals surface area (Å²) in [7, 11) is 0. The smallest absolute Gasteiger partial charge is 0.217 e. The van der Waals surface area contributed by atoms with Crippen LogP contribution in [0.25, 0.3) is 0 Å². The Balaban J connectivity index is 2.11. The van der Waals surface area contributed by atoms with Gasteiger partial charge in [-0.1, -0.05) is 12.1 Å². The molecular formula is C14H17NO2. The topological polar surface area (TPSA) is 60.2 Å². The highest BCUT2D eigenvalue weighted by Gasteiger charge is 2.13. The summed E-state index contributed by atoms with van der Waals surface area (Å²) in [6.45, 7) is 0. The molecule has 0 radical (unpaired) electrons. The monoisotopic (exact) mass is 231 g/mol. The molecule has 0 heterocycles. The number of hydrogen-bond donors (Lipinski definition) is 1. The average Bonchev–Trinajstić information content (AvgIpc) is 2.35. The molecule has 0 aliphatic heterocycles. The van der Waals surface area contributed by atoms with Crippen LogP contribution in [0, 0.1) is 0 Å². The van der Waals surface area contributed by atoms with Crippen LogP contribution in [-0.2, 0) is 17.6 Å². The van der Waals surface area contributed by atoms with Crippen molar-refractivity contribution in [2.24, 2.45) is 5.73 Å². The van der Waals surface area contributed by atoms with Gasteiger partial charge in [0.2, 0.25) is 5.91 Å². The quantitative estimate of drug-likeness (QED) is 0.806. The predicted molar refractivity (Wildman–Crippen MR) is 65.8 cm³/mol. The van der Waals surface area contributed by atoms with Gasteiger partial charge in [0.05, 0.1) is 0 Å². The van der Waals surface area contributed by atoms with Crippen molar-refractivity contribution < 1.29 is 9.59 Å². The van der Waals surface area contributed by atoms with Crippen molar-refractivity contribution in [3.63, 3.8) is 0 Å². The SMILES string of the molecule is NC(=O)CCC(=O)c1ccc2c(c1)CCCC2. The van der Waals surface area contributed by atoms with Gasteiger partial charge in [-0.05, 0) is 42.9 Å². The minimum Gasteiger partial charge on any atom is -0.370 e. The van der Waals surface area contributed by atoms with Gasteiger partial charge in [0.25, 0.3) is 0 Å². The van der Waals surface area contributed by atoms with E-state index < -0.39 is 5.91 Å². The molecule has 2 rings (SSSR count). The fourth-order valence-electron chi connectivity index (χ4n) is 2.29. The number of aryl methyl sites for hydroxylation is 2. The highest BCUT2D eigenvalue weighted by molar-refractivity contribution is 5.98. The summed E-state index contributed by atoms with van der Waals surface area (Å²) in [5, 5.41) is 0. The molecule has 17 heavy (non-hydrogen) atoms. The van der Waals surface area contributed by atoms with Crippen LogP contribution >= 0.6 is 0 Å². The Labute approximate surface area is 101 Å². The van der Waals surface area contributed by atoms with E-state index in [0.29, 0.717) is 5.56 Å². The van der Waals surface area contributed by atoms with Gasteiger partial charge < -0.3 is 5.73 Å². The van der Waals surface area contributed by atoms with Crippen molar-refractivity contribution in [2.75, 3.05) is 0 Å². The number of nitrogens with two attached hydrogens (primary N) is 1. The molecule has 2 N–H and O–H groups in total. The molecule has 90 valence electrons. The van der Waals surface area contributed by atoms with E-state index in [9.17, 15) is 9.59 Å². The van der Waals surface area contributed by atoms with Crippen LogP contribution in [0.15, 0.2) is 18.2 Å². The van der Waals surface area contributed by atoms with E-state index >= 15 is 0 Å². The molecule has 0 fully saturated rings. The number of carbonyl (C=O) groups excluding carboxylic acids is 2. The number of benzene rings is 1. The molecule has 0 atom stereocenters. The lowest BCUT2D eigenvalue weighted by atomic mass is 9.89. The molecule has 1 amide bonds. The molecular weight excluding hydrogens is 214 g/mol. The number of hydrogen-bond acceptors (Lipinski definition) is 2. The number of ketones is 1. The Hall–Kier alpha value is -1.64. The normalized spacial score (nSPS) is 14.1. The van der Waals surface area contributed by atoms with E-state index in [1.807, 2.05) is 18.2 Å². The zero-order valence-electron chi connectivity index (χ0n) is 9.87. The Kier molecular flexibility index (Phi) is 3.57. The third-order valence-electron chi connectivity index (χ3n) is 3.27. The van der Waals surface area contributed by atoms with E-state index in [-0.39, 0.29) is 18.6 Å². The summed E-state index contributed by atoms with van der Waals surface area (Å²) >= 11 is 0. The summed E-state index contributed by atoms with van der Waals surface area (Å²) in [5.74, 6) is -0.409. The molecule has 3 heteroatoms. The lowest BCUT2D eigenvalue weighted by Gasteiger charge is -2.16. The Morgan fingerprint density at radius 2 is 1.76 bits per heavy atom. The summed E-state index contributed by atoms with van der Waals surface area (Å²) in [4.78, 5) is 22.5. The van der Waals surface area contributed by atoms with Gasteiger partial charge in [-0.15, -0.1) is 0 Å². The lowest BCUT2D eigenvalue weighted by Crippen LogP contribution is -2.13. The first-order chi connectivity index (χ1) is 8.16. The Bertz CT molecular complexity index is 452. The molecule has 1 aliphatic rings. The average molecular weight is 231 g/mol. The number of Topliss-reactive ketones (excluding diaryl/α,β-unsaturated/α-hetero) is 1. The zero-order valence-corrected chi connectivity index (χ0v) is 9.87. The molecule has 3 nitrogen and oxygen atoms in total. The fourth-order valence-corrected chi connectivity index (χ4v) is 2.29. The fraction of sp³-hybridized carbons (Fsp3) is 0.429. The van der Waals surface area contributed by atoms with Gasteiger partial charge in [-0.25, -0.2) is 0 Å². The zero-order chi connectivity index (χ0) is 12.3.